The van der Waals surface area contributed by atoms with Crippen LogP contribution in [0.2, 0.25) is 0 Å². The van der Waals surface area contributed by atoms with Crippen LogP contribution < -0.4 is 0 Å². The monoisotopic (exact) mass is 245 g/mol. The van der Waals surface area contributed by atoms with Crippen LogP contribution in [0, 0.1) is 0 Å². The van der Waals surface area contributed by atoms with Crippen molar-refractivity contribution in [3.05, 3.63) is 22.1 Å². The summed E-state index contributed by atoms with van der Waals surface area (Å²) in [6, 6.07) is 3.68. The number of fused-ring (bicyclic) bond motifs is 1. The molecular weight excluding hydrogens is 242 g/mol. The van der Waals surface area contributed by atoms with E-state index in [1.165, 1.54) is 15.9 Å². The van der Waals surface area contributed by atoms with Gasteiger partial charge < -0.3 is 5.11 Å². The molecule has 5 heteroatoms. The molecule has 1 N–H and O–H groups in total. The van der Waals surface area contributed by atoms with Crippen LogP contribution in [0.5, 0.6) is 0 Å². The van der Waals surface area contributed by atoms with E-state index in [1.54, 1.807) is 12.3 Å². The molecule has 0 amide bonds. The van der Waals surface area contributed by atoms with Gasteiger partial charge in [-0.05, 0) is 28.1 Å². The fraction of sp³-hybridized carbons (Fsp3) is 0. The van der Waals surface area contributed by atoms with Gasteiger partial charge in [0.05, 0.1) is 3.79 Å². The molecule has 0 saturated heterocycles. The fourth-order valence-corrected chi connectivity index (χ4v) is 2.60. The predicted octanol–water partition coefficient (Wildman–Crippen LogP) is 2.99. The second-order valence-corrected chi connectivity index (χ2v) is 4.69. The summed E-state index contributed by atoms with van der Waals surface area (Å²) in [4.78, 5) is 11.4. The lowest BCUT2D eigenvalue weighted by Crippen LogP contribution is -2.04. The van der Waals surface area contributed by atoms with Crippen molar-refractivity contribution >= 4 is 43.6 Å². The van der Waals surface area contributed by atoms with Crippen molar-refractivity contribution in [3.63, 3.8) is 0 Å². The molecule has 2 heterocycles. The number of rotatable bonds is 0. The van der Waals surface area contributed by atoms with Gasteiger partial charge in [-0.25, -0.2) is 9.36 Å². The van der Waals surface area contributed by atoms with Crippen molar-refractivity contribution in [1.29, 1.82) is 0 Å². The van der Waals surface area contributed by atoms with Crippen molar-refractivity contribution in [3.8, 4) is 0 Å². The number of nitrogens with zero attached hydrogens (tertiary/aromatic N) is 1. The van der Waals surface area contributed by atoms with Crippen LogP contribution >= 0.6 is 27.3 Å². The molecule has 0 unspecified atom stereocenters. The average molecular weight is 246 g/mol. The molecule has 2 aromatic rings. The maximum absolute atomic E-state index is 10.6. The molecule has 0 fully saturated rings. The third kappa shape index (κ3) is 1.05. The van der Waals surface area contributed by atoms with E-state index in [0.29, 0.717) is 0 Å². The number of hydrogen-bond donors (Lipinski definition) is 1. The highest BCUT2D eigenvalue weighted by atomic mass is 79.9. The standard InChI is InChI=1S/C7H4BrNO2S/c8-5-3-4-1-2-9(7(10)11)6(4)12-5/h1-3H,(H,10,11). The van der Waals surface area contributed by atoms with Gasteiger partial charge in [0.15, 0.2) is 0 Å². The van der Waals surface area contributed by atoms with Crippen LogP contribution in [0.3, 0.4) is 0 Å². The maximum Gasteiger partial charge on any atom is 0.416 e. The van der Waals surface area contributed by atoms with E-state index in [0.717, 1.165) is 14.0 Å². The molecule has 0 aliphatic rings. The van der Waals surface area contributed by atoms with E-state index in [4.69, 9.17) is 5.11 Å². The lowest BCUT2D eigenvalue weighted by Gasteiger charge is -1.91. The summed E-state index contributed by atoms with van der Waals surface area (Å²) >= 11 is 4.71. The van der Waals surface area contributed by atoms with Crippen LogP contribution in [-0.4, -0.2) is 15.8 Å². The van der Waals surface area contributed by atoms with Crippen LogP contribution in [0.25, 0.3) is 10.2 Å². The highest BCUT2D eigenvalue weighted by molar-refractivity contribution is 9.11. The first-order valence-electron chi connectivity index (χ1n) is 3.18. The Hall–Kier alpha value is -0.810. The fourth-order valence-electron chi connectivity index (χ4n) is 1.05. The molecule has 0 radical (unpaired) electrons. The first-order valence-corrected chi connectivity index (χ1v) is 4.79. The molecule has 62 valence electrons. The van der Waals surface area contributed by atoms with Gasteiger partial charge in [0.25, 0.3) is 0 Å². The molecule has 0 saturated carbocycles. The number of halogens is 1. The van der Waals surface area contributed by atoms with Crippen LogP contribution in [0.4, 0.5) is 4.79 Å². The van der Waals surface area contributed by atoms with Crippen molar-refractivity contribution < 1.29 is 9.90 Å². The number of carboxylic acid groups (broad SMARTS) is 1. The van der Waals surface area contributed by atoms with Gasteiger partial charge >= 0.3 is 6.09 Å². The highest BCUT2D eigenvalue weighted by Gasteiger charge is 2.08. The zero-order valence-electron chi connectivity index (χ0n) is 5.82. The zero-order chi connectivity index (χ0) is 8.72. The third-order valence-electron chi connectivity index (χ3n) is 1.54. The van der Waals surface area contributed by atoms with E-state index in [-0.39, 0.29) is 0 Å². The molecule has 0 spiro atoms. The summed E-state index contributed by atoms with van der Waals surface area (Å²) in [5, 5.41) is 9.69. The van der Waals surface area contributed by atoms with Gasteiger partial charge in [-0.1, -0.05) is 0 Å². The van der Waals surface area contributed by atoms with Crippen LogP contribution in [-0.2, 0) is 0 Å². The first-order chi connectivity index (χ1) is 5.68. The lowest BCUT2D eigenvalue weighted by molar-refractivity contribution is 0.197. The van der Waals surface area contributed by atoms with Crippen molar-refractivity contribution in [2.24, 2.45) is 0 Å². The molecule has 12 heavy (non-hydrogen) atoms. The maximum atomic E-state index is 10.6. The summed E-state index contributed by atoms with van der Waals surface area (Å²) in [6.07, 6.45) is 0.606. The topological polar surface area (TPSA) is 42.2 Å². The van der Waals surface area contributed by atoms with E-state index >= 15 is 0 Å². The molecule has 3 nitrogen and oxygen atoms in total. The minimum atomic E-state index is -0.945. The highest BCUT2D eigenvalue weighted by Crippen LogP contribution is 2.30. The molecule has 2 rings (SSSR count). The molecule has 0 aliphatic carbocycles. The van der Waals surface area contributed by atoms with E-state index < -0.39 is 6.09 Å². The summed E-state index contributed by atoms with van der Waals surface area (Å²) in [5.41, 5.74) is 0. The summed E-state index contributed by atoms with van der Waals surface area (Å²) < 4.78 is 2.16. The van der Waals surface area contributed by atoms with Gasteiger partial charge in [0.1, 0.15) is 4.83 Å². The first kappa shape index (κ1) is 7.82. The zero-order valence-corrected chi connectivity index (χ0v) is 8.22. The molecule has 0 aromatic carbocycles. The summed E-state index contributed by atoms with van der Waals surface area (Å²) in [6.45, 7) is 0. The average Bonchev–Trinajstić information content (AvgIpc) is 2.43. The Morgan fingerprint density at radius 1 is 1.67 bits per heavy atom. The number of carbonyl (C=O) groups is 1. The van der Waals surface area contributed by atoms with Gasteiger partial charge in [-0.3, -0.25) is 0 Å². The largest absolute Gasteiger partial charge is 0.464 e. The van der Waals surface area contributed by atoms with Crippen molar-refractivity contribution in [2.45, 2.75) is 0 Å². The van der Waals surface area contributed by atoms with Crippen molar-refractivity contribution in [2.75, 3.05) is 0 Å². The Kier molecular flexibility index (Phi) is 1.69. The number of hydrogen-bond acceptors (Lipinski definition) is 2. The summed E-state index contributed by atoms with van der Waals surface area (Å²) in [5.74, 6) is 0. The normalized spacial score (nSPS) is 10.8. The molecule has 0 bridgehead atoms. The molecular formula is C7H4BrNO2S. The second-order valence-electron chi connectivity index (χ2n) is 2.28. The Morgan fingerprint density at radius 2 is 2.42 bits per heavy atom. The Morgan fingerprint density at radius 3 is 3.08 bits per heavy atom. The Balaban J connectivity index is 2.76. The minimum Gasteiger partial charge on any atom is -0.464 e. The smallest absolute Gasteiger partial charge is 0.416 e. The number of thiophene rings is 1. The van der Waals surface area contributed by atoms with Crippen molar-refractivity contribution in [1.82, 2.24) is 4.57 Å². The molecule has 0 atom stereocenters. The van der Waals surface area contributed by atoms with Crippen LogP contribution in [0.15, 0.2) is 22.1 Å². The van der Waals surface area contributed by atoms with Gasteiger partial charge in [-0.15, -0.1) is 11.3 Å². The predicted molar refractivity (Wildman–Crippen MR) is 50.9 cm³/mol. The van der Waals surface area contributed by atoms with Gasteiger partial charge in [0, 0.05) is 11.6 Å². The minimum absolute atomic E-state index is 0.759. The Labute approximate surface area is 80.4 Å². The molecule has 0 aliphatic heterocycles. The quantitative estimate of drug-likeness (QED) is 0.776. The van der Waals surface area contributed by atoms with Gasteiger partial charge in [0.2, 0.25) is 0 Å². The Bertz CT molecular complexity index is 445. The number of aromatic nitrogens is 1. The van der Waals surface area contributed by atoms with Gasteiger partial charge in [-0.2, -0.15) is 0 Å². The second kappa shape index (κ2) is 2.60. The van der Waals surface area contributed by atoms with E-state index in [1.807, 2.05) is 6.07 Å². The van der Waals surface area contributed by atoms with Crippen LogP contribution in [0.1, 0.15) is 0 Å². The van der Waals surface area contributed by atoms with E-state index in [2.05, 4.69) is 15.9 Å². The lowest BCUT2D eigenvalue weighted by atomic mass is 10.4. The van der Waals surface area contributed by atoms with E-state index in [9.17, 15) is 4.79 Å². The third-order valence-corrected chi connectivity index (χ3v) is 3.19. The summed E-state index contributed by atoms with van der Waals surface area (Å²) in [7, 11) is 0. The molecule has 2 aromatic heterocycles. The SMILES string of the molecule is O=C(O)n1ccc2cc(Br)sc21.